The van der Waals surface area contributed by atoms with E-state index in [1.165, 1.54) is 0 Å². The summed E-state index contributed by atoms with van der Waals surface area (Å²) in [7, 11) is 0. The van der Waals surface area contributed by atoms with Crippen molar-refractivity contribution in [1.82, 2.24) is 29.7 Å². The van der Waals surface area contributed by atoms with Gasteiger partial charge in [0.1, 0.15) is 0 Å². The summed E-state index contributed by atoms with van der Waals surface area (Å²) in [6, 6.07) is 18.7. The molecule has 0 saturated heterocycles. The first-order chi connectivity index (χ1) is 17.0. The van der Waals surface area contributed by atoms with Gasteiger partial charge < -0.3 is 16.2 Å². The van der Waals surface area contributed by atoms with Crippen LogP contribution in [0.15, 0.2) is 66.9 Å². The summed E-state index contributed by atoms with van der Waals surface area (Å²) in [5.74, 6) is -0.539. The van der Waals surface area contributed by atoms with Crippen LogP contribution in [0, 0.1) is 0 Å². The van der Waals surface area contributed by atoms with Crippen molar-refractivity contribution in [2.45, 2.75) is 13.2 Å². The van der Waals surface area contributed by atoms with Gasteiger partial charge in [0, 0.05) is 10.6 Å². The third kappa shape index (κ3) is 4.87. The smallest absolute Gasteiger partial charge is 0.339 e. The van der Waals surface area contributed by atoms with Crippen LogP contribution in [-0.2, 0) is 17.9 Å². The minimum atomic E-state index is -0.585. The van der Waals surface area contributed by atoms with Crippen LogP contribution in [-0.4, -0.2) is 35.7 Å². The van der Waals surface area contributed by atoms with Crippen LogP contribution in [0.1, 0.15) is 21.7 Å². The second kappa shape index (κ2) is 9.35. The highest BCUT2D eigenvalue weighted by atomic mass is 35.5. The fraction of sp³-hybridized carbons (Fsp3) is 0.0833. The third-order valence-electron chi connectivity index (χ3n) is 5.19. The summed E-state index contributed by atoms with van der Waals surface area (Å²) in [4.78, 5) is 29.6. The Kier molecular flexibility index (Phi) is 5.94. The number of nitrogens with two attached hydrogens (primary N) is 2. The summed E-state index contributed by atoms with van der Waals surface area (Å²) < 4.78 is 7.21. The Morgan fingerprint density at radius 1 is 0.943 bits per heavy atom. The minimum absolute atomic E-state index is 0.0512. The average Bonchev–Trinajstić information content (AvgIpc) is 3.26. The number of anilines is 2. The van der Waals surface area contributed by atoms with E-state index in [2.05, 4.69) is 20.1 Å². The minimum Gasteiger partial charge on any atom is -0.454 e. The van der Waals surface area contributed by atoms with Crippen molar-refractivity contribution in [2.24, 2.45) is 0 Å². The number of fused-ring (bicyclic) bond motifs is 1. The van der Waals surface area contributed by atoms with E-state index in [4.69, 9.17) is 32.8 Å². The number of nitrogen functional groups attached to an aromatic ring is 2. The number of aromatic nitrogens is 6. The summed E-state index contributed by atoms with van der Waals surface area (Å²) in [5.41, 5.74) is 14.5. The van der Waals surface area contributed by atoms with E-state index in [9.17, 15) is 4.79 Å². The van der Waals surface area contributed by atoms with E-state index in [1.807, 2.05) is 54.6 Å². The molecule has 4 N–H and O–H groups in total. The Morgan fingerprint density at radius 3 is 2.37 bits per heavy atom. The number of ether oxygens (including phenoxy) is 1. The maximum atomic E-state index is 13.2. The van der Waals surface area contributed by atoms with E-state index >= 15 is 0 Å². The second-order valence-corrected chi connectivity index (χ2v) is 8.07. The van der Waals surface area contributed by atoms with E-state index < -0.39 is 5.97 Å². The van der Waals surface area contributed by atoms with Crippen LogP contribution in [0.3, 0.4) is 0 Å². The van der Waals surface area contributed by atoms with Crippen molar-refractivity contribution < 1.29 is 9.53 Å². The normalized spacial score (nSPS) is 11.0. The van der Waals surface area contributed by atoms with Gasteiger partial charge >= 0.3 is 5.97 Å². The molecule has 0 radical (unpaired) electrons. The lowest BCUT2D eigenvalue weighted by Crippen LogP contribution is -2.12. The molecule has 3 heterocycles. The first-order valence-corrected chi connectivity index (χ1v) is 10.9. The standard InChI is InChI=1S/C24H19ClN8O2/c25-16-8-6-14(7-9-16)12-33-21-18(11-28-33)17(10-19(29-21)15-4-2-1-3-5-15)22(34)35-13-20-30-23(26)32-24(27)31-20/h1-11H,12-13H2,(H4,26,27,30,31,32). The van der Waals surface area contributed by atoms with Crippen LogP contribution in [0.25, 0.3) is 22.3 Å². The summed E-state index contributed by atoms with van der Waals surface area (Å²) >= 11 is 6.01. The summed E-state index contributed by atoms with van der Waals surface area (Å²) in [6.45, 7) is 0.225. The van der Waals surface area contributed by atoms with Gasteiger partial charge in [0.25, 0.3) is 0 Å². The molecule has 35 heavy (non-hydrogen) atoms. The van der Waals surface area contributed by atoms with Gasteiger partial charge in [-0.1, -0.05) is 54.1 Å². The highest BCUT2D eigenvalue weighted by Crippen LogP contribution is 2.26. The molecule has 5 rings (SSSR count). The predicted molar refractivity (Wildman–Crippen MR) is 131 cm³/mol. The topological polar surface area (TPSA) is 148 Å². The van der Waals surface area contributed by atoms with Crippen molar-refractivity contribution >= 4 is 40.5 Å². The highest BCUT2D eigenvalue weighted by molar-refractivity contribution is 6.30. The van der Waals surface area contributed by atoms with Crippen molar-refractivity contribution in [3.8, 4) is 11.3 Å². The van der Waals surface area contributed by atoms with Crippen LogP contribution >= 0.6 is 11.6 Å². The van der Waals surface area contributed by atoms with Crippen molar-refractivity contribution in [3.63, 3.8) is 0 Å². The first kappa shape index (κ1) is 22.2. The van der Waals surface area contributed by atoms with Crippen molar-refractivity contribution in [3.05, 3.63) is 88.8 Å². The summed E-state index contributed by atoms with van der Waals surface area (Å²) in [6.07, 6.45) is 1.60. The number of carbonyl (C=O) groups excluding carboxylic acids is 1. The molecular formula is C24H19ClN8O2. The zero-order chi connectivity index (χ0) is 24.4. The number of hydrogen-bond acceptors (Lipinski definition) is 9. The largest absolute Gasteiger partial charge is 0.454 e. The van der Waals surface area contributed by atoms with Gasteiger partial charge in [0.15, 0.2) is 18.1 Å². The number of benzene rings is 2. The Balaban J connectivity index is 1.53. The van der Waals surface area contributed by atoms with Gasteiger partial charge in [-0.25, -0.2) is 14.5 Å². The van der Waals surface area contributed by atoms with Gasteiger partial charge in [-0.2, -0.15) is 20.1 Å². The fourth-order valence-corrected chi connectivity index (χ4v) is 3.71. The highest BCUT2D eigenvalue weighted by Gasteiger charge is 2.19. The maximum Gasteiger partial charge on any atom is 0.339 e. The number of nitrogens with zero attached hydrogens (tertiary/aromatic N) is 6. The van der Waals surface area contributed by atoms with Gasteiger partial charge in [0.2, 0.25) is 11.9 Å². The van der Waals surface area contributed by atoms with Crippen LogP contribution < -0.4 is 11.5 Å². The van der Waals surface area contributed by atoms with Crippen LogP contribution in [0.2, 0.25) is 5.02 Å². The van der Waals surface area contributed by atoms with E-state index in [-0.39, 0.29) is 24.3 Å². The number of hydrogen-bond donors (Lipinski definition) is 2. The van der Waals surface area contributed by atoms with Crippen molar-refractivity contribution in [2.75, 3.05) is 11.5 Å². The number of esters is 1. The molecule has 174 valence electrons. The molecule has 0 spiro atoms. The average molecular weight is 487 g/mol. The number of rotatable bonds is 6. The Hall–Kier alpha value is -4.57. The summed E-state index contributed by atoms with van der Waals surface area (Å²) in [5, 5.41) is 5.68. The Morgan fingerprint density at radius 2 is 1.66 bits per heavy atom. The maximum absolute atomic E-state index is 13.2. The van der Waals surface area contributed by atoms with Gasteiger partial charge in [0.05, 0.1) is 29.4 Å². The fourth-order valence-electron chi connectivity index (χ4n) is 3.58. The molecular weight excluding hydrogens is 468 g/mol. The van der Waals surface area contributed by atoms with Gasteiger partial charge in [-0.3, -0.25) is 0 Å². The monoisotopic (exact) mass is 486 g/mol. The molecule has 3 aromatic heterocycles. The Bertz CT molecular complexity index is 1500. The zero-order valence-electron chi connectivity index (χ0n) is 18.3. The van der Waals surface area contributed by atoms with Crippen molar-refractivity contribution in [1.29, 1.82) is 0 Å². The van der Waals surface area contributed by atoms with Crippen LogP contribution in [0.5, 0.6) is 0 Å². The lowest BCUT2D eigenvalue weighted by atomic mass is 10.1. The number of carbonyl (C=O) groups is 1. The van der Waals surface area contributed by atoms with Crippen LogP contribution in [0.4, 0.5) is 11.9 Å². The molecule has 0 aliphatic rings. The molecule has 0 amide bonds. The van der Waals surface area contributed by atoms with E-state index in [1.54, 1.807) is 16.9 Å². The first-order valence-electron chi connectivity index (χ1n) is 10.6. The zero-order valence-corrected chi connectivity index (χ0v) is 19.1. The molecule has 2 aromatic carbocycles. The van der Waals surface area contributed by atoms with Gasteiger partial charge in [-0.05, 0) is 23.8 Å². The molecule has 0 bridgehead atoms. The SMILES string of the molecule is Nc1nc(N)nc(COC(=O)c2cc(-c3ccccc3)nc3c2cnn3Cc2ccc(Cl)cc2)n1. The molecule has 11 heteroatoms. The van der Waals surface area contributed by atoms with E-state index in [0.717, 1.165) is 11.1 Å². The second-order valence-electron chi connectivity index (χ2n) is 7.63. The molecule has 0 fully saturated rings. The molecule has 0 unspecified atom stereocenters. The third-order valence-corrected chi connectivity index (χ3v) is 5.44. The van der Waals surface area contributed by atoms with Gasteiger partial charge in [-0.15, -0.1) is 0 Å². The quantitative estimate of drug-likeness (QED) is 0.344. The molecule has 0 aliphatic heterocycles. The number of pyridine rings is 1. The molecule has 0 aliphatic carbocycles. The molecule has 10 nitrogen and oxygen atoms in total. The predicted octanol–water partition coefficient (Wildman–Crippen LogP) is 3.51. The number of halogens is 1. The Labute approximate surface area is 204 Å². The van der Waals surface area contributed by atoms with E-state index in [0.29, 0.717) is 33.9 Å². The molecule has 5 aromatic rings. The molecule has 0 atom stereocenters. The lowest BCUT2D eigenvalue weighted by Gasteiger charge is -2.10. The molecule has 0 saturated carbocycles. The lowest BCUT2D eigenvalue weighted by molar-refractivity contribution is 0.0464.